The molecule has 0 aromatic heterocycles. The Balaban J connectivity index is 2.31. The van der Waals surface area contributed by atoms with Crippen LogP contribution in [0.25, 0.3) is 0 Å². The number of rotatable bonds is 3. The summed E-state index contributed by atoms with van der Waals surface area (Å²) in [6, 6.07) is 0. The first-order valence-electron chi connectivity index (χ1n) is 11.0. The molecule has 31 heavy (non-hydrogen) atoms. The van der Waals surface area contributed by atoms with Gasteiger partial charge in [-0.3, -0.25) is 14.4 Å². The molecule has 1 saturated heterocycles. The summed E-state index contributed by atoms with van der Waals surface area (Å²) < 4.78 is 18.1. The van der Waals surface area contributed by atoms with Gasteiger partial charge in [-0.15, -0.1) is 6.58 Å². The third-order valence-electron chi connectivity index (χ3n) is 8.01. The molecule has 0 aromatic rings. The van der Waals surface area contributed by atoms with E-state index in [1.54, 1.807) is 19.9 Å². The number of esters is 2. The zero-order chi connectivity index (χ0) is 23.6. The fourth-order valence-electron chi connectivity index (χ4n) is 7.05. The summed E-state index contributed by atoms with van der Waals surface area (Å²) in [7, 11) is 0. The molecular formula is C24H36O7. The highest BCUT2D eigenvalue weighted by atomic mass is 16.6. The molecule has 7 heteroatoms. The number of hydrogen-bond donors (Lipinski definition) is 1. The Morgan fingerprint density at radius 3 is 2.23 bits per heavy atom. The van der Waals surface area contributed by atoms with Crippen molar-refractivity contribution in [2.45, 2.75) is 97.2 Å². The molecule has 1 heterocycles. The Labute approximate surface area is 184 Å². The number of ether oxygens (including phenoxy) is 3. The van der Waals surface area contributed by atoms with Crippen LogP contribution >= 0.6 is 0 Å². The van der Waals surface area contributed by atoms with E-state index in [2.05, 4.69) is 6.58 Å². The van der Waals surface area contributed by atoms with Crippen molar-refractivity contribution in [3.63, 3.8) is 0 Å². The summed E-state index contributed by atoms with van der Waals surface area (Å²) in [5.74, 6) is -2.31. The molecule has 0 spiro atoms. The normalized spacial score (nSPS) is 46.3. The van der Waals surface area contributed by atoms with Gasteiger partial charge < -0.3 is 19.3 Å². The number of fused-ring (bicyclic) bond motifs is 3. The number of Topliss-reactive ketones (excluding diaryl/α,β-unsaturated/α-hetero) is 1. The van der Waals surface area contributed by atoms with Crippen LogP contribution in [0.2, 0.25) is 0 Å². The van der Waals surface area contributed by atoms with Crippen molar-refractivity contribution in [2.24, 2.45) is 22.7 Å². The largest absolute Gasteiger partial charge is 0.458 e. The molecular weight excluding hydrogens is 400 g/mol. The van der Waals surface area contributed by atoms with Gasteiger partial charge in [-0.25, -0.2) is 0 Å². The maximum Gasteiger partial charge on any atom is 0.303 e. The lowest BCUT2D eigenvalue weighted by atomic mass is 9.41. The number of ketones is 1. The van der Waals surface area contributed by atoms with Gasteiger partial charge in [0.05, 0.1) is 17.6 Å². The predicted molar refractivity (Wildman–Crippen MR) is 113 cm³/mol. The van der Waals surface area contributed by atoms with Crippen LogP contribution in [-0.2, 0) is 28.6 Å². The summed E-state index contributed by atoms with van der Waals surface area (Å²) in [4.78, 5) is 38.0. The SMILES string of the molecule is C=C[C@]1(C)CC(=O)[C@@H]2[C@@](C)(O1)[C@H](OC(C)=O)[C@H](OC(C)=O)[C@@H]1C(C)(C)CC[C@@H](O)[C@]12C. The number of carbonyl (C=O) groups excluding carboxylic acids is 3. The van der Waals surface area contributed by atoms with E-state index in [-0.39, 0.29) is 17.6 Å². The number of carbonyl (C=O) groups is 3. The lowest BCUT2D eigenvalue weighted by Crippen LogP contribution is -2.78. The molecule has 3 fully saturated rings. The molecule has 0 bridgehead atoms. The van der Waals surface area contributed by atoms with Gasteiger partial charge in [0.15, 0.2) is 6.10 Å². The van der Waals surface area contributed by atoms with Crippen LogP contribution in [0.5, 0.6) is 0 Å². The monoisotopic (exact) mass is 436 g/mol. The molecule has 3 aliphatic rings. The van der Waals surface area contributed by atoms with E-state index in [9.17, 15) is 19.5 Å². The van der Waals surface area contributed by atoms with Crippen molar-refractivity contribution >= 4 is 17.7 Å². The van der Waals surface area contributed by atoms with Crippen molar-refractivity contribution < 1.29 is 33.7 Å². The molecule has 0 unspecified atom stereocenters. The van der Waals surface area contributed by atoms with Crippen LogP contribution in [0, 0.1) is 22.7 Å². The minimum absolute atomic E-state index is 0.0705. The van der Waals surface area contributed by atoms with Crippen molar-refractivity contribution in [1.29, 1.82) is 0 Å². The molecule has 3 rings (SSSR count). The zero-order valence-corrected chi connectivity index (χ0v) is 19.7. The van der Waals surface area contributed by atoms with Crippen molar-refractivity contribution in [2.75, 3.05) is 0 Å². The molecule has 0 aromatic carbocycles. The lowest BCUT2D eigenvalue weighted by Gasteiger charge is -2.68. The van der Waals surface area contributed by atoms with Crippen molar-refractivity contribution in [3.05, 3.63) is 12.7 Å². The molecule has 174 valence electrons. The van der Waals surface area contributed by atoms with Crippen LogP contribution in [0.4, 0.5) is 0 Å². The quantitative estimate of drug-likeness (QED) is 0.536. The topological polar surface area (TPSA) is 99.1 Å². The molecule has 0 radical (unpaired) electrons. The number of aliphatic hydroxyl groups excluding tert-OH is 1. The molecule has 1 N–H and O–H groups in total. The van der Waals surface area contributed by atoms with Crippen LogP contribution in [0.1, 0.15) is 67.7 Å². The van der Waals surface area contributed by atoms with Crippen LogP contribution in [0.3, 0.4) is 0 Å². The maximum atomic E-state index is 13.7. The van der Waals surface area contributed by atoms with Gasteiger partial charge in [0, 0.05) is 31.6 Å². The second kappa shape index (κ2) is 7.41. The summed E-state index contributed by atoms with van der Waals surface area (Å²) in [5, 5.41) is 11.3. The highest BCUT2D eigenvalue weighted by Gasteiger charge is 2.74. The highest BCUT2D eigenvalue weighted by Crippen LogP contribution is 2.65. The van der Waals surface area contributed by atoms with E-state index in [1.165, 1.54) is 13.8 Å². The molecule has 7 nitrogen and oxygen atoms in total. The van der Waals surface area contributed by atoms with E-state index in [0.717, 1.165) is 0 Å². The Bertz CT molecular complexity index is 804. The van der Waals surface area contributed by atoms with Gasteiger partial charge in [-0.05, 0) is 32.1 Å². The van der Waals surface area contributed by atoms with Gasteiger partial charge >= 0.3 is 11.9 Å². The van der Waals surface area contributed by atoms with E-state index >= 15 is 0 Å². The minimum atomic E-state index is -1.32. The Morgan fingerprint density at radius 2 is 1.71 bits per heavy atom. The molecule has 1 aliphatic heterocycles. The molecule has 8 atom stereocenters. The van der Waals surface area contributed by atoms with Gasteiger partial charge in [0.25, 0.3) is 0 Å². The number of hydrogen-bond acceptors (Lipinski definition) is 7. The van der Waals surface area contributed by atoms with E-state index in [0.29, 0.717) is 12.8 Å². The van der Waals surface area contributed by atoms with Gasteiger partial charge in [-0.1, -0.05) is 26.8 Å². The summed E-state index contributed by atoms with van der Waals surface area (Å²) in [6.07, 6.45) is 0.200. The van der Waals surface area contributed by atoms with Crippen LogP contribution in [0.15, 0.2) is 12.7 Å². The van der Waals surface area contributed by atoms with Gasteiger partial charge in [0.2, 0.25) is 0 Å². The molecule has 2 aliphatic carbocycles. The zero-order valence-electron chi connectivity index (χ0n) is 19.7. The average Bonchev–Trinajstić information content (AvgIpc) is 2.60. The summed E-state index contributed by atoms with van der Waals surface area (Å²) in [6.45, 7) is 15.9. The first-order valence-corrected chi connectivity index (χ1v) is 11.0. The average molecular weight is 437 g/mol. The molecule has 0 amide bonds. The smallest absolute Gasteiger partial charge is 0.303 e. The predicted octanol–water partition coefficient (Wildman–Crippen LogP) is 2.98. The Morgan fingerprint density at radius 1 is 1.13 bits per heavy atom. The standard InChI is InChI=1S/C24H36O7/c1-9-22(6)12-15(27)18-23(7)16(28)10-11-21(4,5)19(23)17(29-13(2)25)20(30-14(3)26)24(18,8)31-22/h9,16-20,28H,1,10-12H2,2-8H3/t16-,17-,18+,19-,20-,22-,23+,24-/m1/s1. The third kappa shape index (κ3) is 3.54. The van der Waals surface area contributed by atoms with E-state index < -0.39 is 58.7 Å². The lowest BCUT2D eigenvalue weighted by molar-refractivity contribution is -0.322. The van der Waals surface area contributed by atoms with E-state index in [4.69, 9.17) is 14.2 Å². The second-order valence-corrected chi connectivity index (χ2v) is 10.9. The molecule has 2 saturated carbocycles. The number of aliphatic hydroxyl groups is 1. The highest BCUT2D eigenvalue weighted by molar-refractivity contribution is 5.86. The maximum absolute atomic E-state index is 13.7. The fraction of sp³-hybridized carbons (Fsp3) is 0.792. The summed E-state index contributed by atoms with van der Waals surface area (Å²) >= 11 is 0. The van der Waals surface area contributed by atoms with Crippen LogP contribution in [-0.4, -0.2) is 52.3 Å². The van der Waals surface area contributed by atoms with Crippen LogP contribution < -0.4 is 0 Å². The third-order valence-corrected chi connectivity index (χ3v) is 8.01. The van der Waals surface area contributed by atoms with E-state index in [1.807, 2.05) is 20.8 Å². The first kappa shape index (κ1) is 23.9. The second-order valence-electron chi connectivity index (χ2n) is 10.9. The fourth-order valence-corrected chi connectivity index (χ4v) is 7.05. The van der Waals surface area contributed by atoms with Gasteiger partial charge in [0.1, 0.15) is 17.5 Å². The van der Waals surface area contributed by atoms with Gasteiger partial charge in [-0.2, -0.15) is 0 Å². The Hall–Kier alpha value is -1.73. The van der Waals surface area contributed by atoms with Crippen molar-refractivity contribution in [3.8, 4) is 0 Å². The summed E-state index contributed by atoms with van der Waals surface area (Å²) in [5.41, 5.74) is -3.61. The minimum Gasteiger partial charge on any atom is -0.458 e. The first-order chi connectivity index (χ1) is 14.1. The Kier molecular flexibility index (Phi) is 5.72. The van der Waals surface area contributed by atoms with Crippen molar-refractivity contribution in [1.82, 2.24) is 0 Å².